The van der Waals surface area contributed by atoms with Gasteiger partial charge in [0.2, 0.25) is 0 Å². The highest BCUT2D eigenvalue weighted by Gasteiger charge is 2.18. The number of hydrazone groups is 1. The summed E-state index contributed by atoms with van der Waals surface area (Å²) in [7, 11) is 1.48. The number of aromatic hydroxyl groups is 1. The Morgan fingerprint density at radius 3 is 2.54 bits per heavy atom. The third kappa shape index (κ3) is 5.55. The Labute approximate surface area is 165 Å². The minimum Gasteiger partial charge on any atom is -0.504 e. The van der Waals surface area contributed by atoms with Crippen LogP contribution < -0.4 is 10.2 Å². The predicted molar refractivity (Wildman–Crippen MR) is 109 cm³/mol. The van der Waals surface area contributed by atoms with E-state index in [9.17, 15) is 9.90 Å². The van der Waals surface area contributed by atoms with Gasteiger partial charge in [0.1, 0.15) is 0 Å². The fourth-order valence-electron chi connectivity index (χ4n) is 3.17. The maximum Gasteiger partial charge on any atom is 0.254 e. The first-order valence-electron chi connectivity index (χ1n) is 9.32. The van der Waals surface area contributed by atoms with Gasteiger partial charge in [-0.2, -0.15) is 5.10 Å². The fourth-order valence-corrected chi connectivity index (χ4v) is 3.17. The molecule has 0 aliphatic carbocycles. The smallest absolute Gasteiger partial charge is 0.254 e. The van der Waals surface area contributed by atoms with Crippen LogP contribution in [0, 0.1) is 0 Å². The molecular weight excluding hydrogens is 356 g/mol. The van der Waals surface area contributed by atoms with Crippen molar-refractivity contribution in [2.75, 3.05) is 39.8 Å². The molecule has 2 aromatic rings. The lowest BCUT2D eigenvalue weighted by Crippen LogP contribution is -2.48. The van der Waals surface area contributed by atoms with Crippen LogP contribution in [0.25, 0.3) is 0 Å². The molecule has 1 heterocycles. The number of carbonyl (C=O) groups excluding carboxylic acids is 1. The van der Waals surface area contributed by atoms with E-state index in [1.54, 1.807) is 18.2 Å². The third-order valence-corrected chi connectivity index (χ3v) is 4.72. The van der Waals surface area contributed by atoms with Crippen molar-refractivity contribution in [3.05, 3.63) is 59.7 Å². The number of hydrogen-bond donors (Lipinski definition) is 2. The number of hydrogen-bond acceptors (Lipinski definition) is 6. The van der Waals surface area contributed by atoms with Crippen molar-refractivity contribution in [3.8, 4) is 11.5 Å². The lowest BCUT2D eigenvalue weighted by Gasteiger charge is -2.34. The largest absolute Gasteiger partial charge is 0.504 e. The summed E-state index contributed by atoms with van der Waals surface area (Å²) in [6.07, 6.45) is 1.41. The van der Waals surface area contributed by atoms with Crippen molar-refractivity contribution in [2.45, 2.75) is 6.54 Å². The number of nitrogens with one attached hydrogen (secondary N) is 1. The second-order valence-electron chi connectivity index (χ2n) is 6.73. The second-order valence-corrected chi connectivity index (χ2v) is 6.73. The first-order chi connectivity index (χ1) is 13.7. The number of ether oxygens (including phenoxy) is 1. The number of nitrogens with zero attached hydrogens (tertiary/aromatic N) is 3. The first kappa shape index (κ1) is 19.9. The molecule has 1 aliphatic heterocycles. The standard InChI is InChI=1S/C21H26N4O3/c1-28-19-9-5-8-18(21(19)27)14-22-23-20(26)16-25-12-10-24(11-13-25)15-17-6-3-2-4-7-17/h2-9,14,27H,10-13,15-16H2,1H3,(H,23,26)/b22-14+. The number of amides is 1. The van der Waals surface area contributed by atoms with E-state index in [1.807, 2.05) is 6.07 Å². The molecule has 7 nitrogen and oxygen atoms in total. The van der Waals surface area contributed by atoms with Crippen molar-refractivity contribution in [3.63, 3.8) is 0 Å². The van der Waals surface area contributed by atoms with Crippen molar-refractivity contribution < 1.29 is 14.6 Å². The quantitative estimate of drug-likeness (QED) is 0.563. The van der Waals surface area contributed by atoms with Gasteiger partial charge in [0.05, 0.1) is 19.9 Å². The van der Waals surface area contributed by atoms with E-state index >= 15 is 0 Å². The van der Waals surface area contributed by atoms with Gasteiger partial charge < -0.3 is 9.84 Å². The fraction of sp³-hybridized carbons (Fsp3) is 0.333. The van der Waals surface area contributed by atoms with Crippen molar-refractivity contribution >= 4 is 12.1 Å². The number of carbonyl (C=O) groups is 1. The van der Waals surface area contributed by atoms with Gasteiger partial charge in [-0.15, -0.1) is 0 Å². The molecule has 0 atom stereocenters. The Hall–Kier alpha value is -2.90. The molecule has 7 heteroatoms. The molecule has 1 amide bonds. The molecule has 0 bridgehead atoms. The average molecular weight is 382 g/mol. The highest BCUT2D eigenvalue weighted by atomic mass is 16.5. The van der Waals surface area contributed by atoms with Gasteiger partial charge in [-0.3, -0.25) is 14.6 Å². The van der Waals surface area contributed by atoms with Gasteiger partial charge in [-0.25, -0.2) is 5.43 Å². The molecule has 1 aliphatic rings. The lowest BCUT2D eigenvalue weighted by molar-refractivity contribution is -0.122. The number of methoxy groups -OCH3 is 1. The van der Waals surface area contributed by atoms with Crippen LogP contribution in [-0.4, -0.2) is 66.9 Å². The number of phenols is 1. The minimum absolute atomic E-state index is 0.00228. The Morgan fingerprint density at radius 2 is 1.82 bits per heavy atom. The van der Waals surface area contributed by atoms with E-state index in [0.29, 0.717) is 17.9 Å². The zero-order valence-corrected chi connectivity index (χ0v) is 16.0. The molecule has 2 aromatic carbocycles. The SMILES string of the molecule is COc1cccc(/C=N/NC(=O)CN2CCN(Cc3ccccc3)CC2)c1O. The van der Waals surface area contributed by atoms with E-state index in [-0.39, 0.29) is 11.7 Å². The molecule has 0 radical (unpaired) electrons. The number of rotatable bonds is 7. The summed E-state index contributed by atoms with van der Waals surface area (Å²) in [5.74, 6) is 0.191. The molecule has 0 saturated carbocycles. The van der Waals surface area contributed by atoms with Crippen LogP contribution in [0.2, 0.25) is 0 Å². The topological polar surface area (TPSA) is 77.4 Å². The van der Waals surface area contributed by atoms with Crippen LogP contribution >= 0.6 is 0 Å². The zero-order valence-electron chi connectivity index (χ0n) is 16.0. The molecule has 2 N–H and O–H groups in total. The normalized spacial score (nSPS) is 15.6. The van der Waals surface area contributed by atoms with Crippen LogP contribution in [0.3, 0.4) is 0 Å². The summed E-state index contributed by atoms with van der Waals surface area (Å²) < 4.78 is 5.05. The number of piperazine rings is 1. The maximum absolute atomic E-state index is 12.1. The first-order valence-corrected chi connectivity index (χ1v) is 9.32. The van der Waals surface area contributed by atoms with E-state index in [4.69, 9.17) is 4.74 Å². The Balaban J connectivity index is 1.41. The van der Waals surface area contributed by atoms with Gasteiger partial charge in [-0.05, 0) is 17.7 Å². The molecule has 148 valence electrons. The van der Waals surface area contributed by atoms with Crippen LogP contribution in [0.1, 0.15) is 11.1 Å². The van der Waals surface area contributed by atoms with Crippen molar-refractivity contribution in [2.24, 2.45) is 5.10 Å². The zero-order chi connectivity index (χ0) is 19.8. The molecule has 1 fully saturated rings. The van der Waals surface area contributed by atoms with Crippen LogP contribution in [0.15, 0.2) is 53.6 Å². The number of para-hydroxylation sites is 1. The molecule has 0 unspecified atom stereocenters. The molecule has 1 saturated heterocycles. The Morgan fingerprint density at radius 1 is 1.11 bits per heavy atom. The highest BCUT2D eigenvalue weighted by molar-refractivity contribution is 5.86. The third-order valence-electron chi connectivity index (χ3n) is 4.72. The lowest BCUT2D eigenvalue weighted by atomic mass is 10.2. The summed E-state index contributed by atoms with van der Waals surface area (Å²) in [5, 5.41) is 13.9. The summed E-state index contributed by atoms with van der Waals surface area (Å²) >= 11 is 0. The van der Waals surface area contributed by atoms with E-state index in [2.05, 4.69) is 44.6 Å². The molecular formula is C21H26N4O3. The van der Waals surface area contributed by atoms with Gasteiger partial charge in [0.25, 0.3) is 5.91 Å². The summed E-state index contributed by atoms with van der Waals surface area (Å²) in [5.41, 5.74) is 4.31. The second kappa shape index (κ2) is 9.87. The van der Waals surface area contributed by atoms with Crippen molar-refractivity contribution in [1.82, 2.24) is 15.2 Å². The number of phenolic OH excluding ortho intramolecular Hbond substituents is 1. The average Bonchev–Trinajstić information content (AvgIpc) is 2.71. The van der Waals surface area contributed by atoms with E-state index in [0.717, 1.165) is 32.7 Å². The highest BCUT2D eigenvalue weighted by Crippen LogP contribution is 2.27. The van der Waals surface area contributed by atoms with Gasteiger partial charge in [0, 0.05) is 38.3 Å². The van der Waals surface area contributed by atoms with Crippen LogP contribution in [-0.2, 0) is 11.3 Å². The van der Waals surface area contributed by atoms with Gasteiger partial charge in [-0.1, -0.05) is 36.4 Å². The van der Waals surface area contributed by atoms with Crippen LogP contribution in [0.4, 0.5) is 0 Å². The molecule has 0 aromatic heterocycles. The molecule has 0 spiro atoms. The maximum atomic E-state index is 12.1. The van der Waals surface area contributed by atoms with Gasteiger partial charge in [0.15, 0.2) is 11.5 Å². The van der Waals surface area contributed by atoms with Crippen molar-refractivity contribution in [1.29, 1.82) is 0 Å². The predicted octanol–water partition coefficient (Wildman–Crippen LogP) is 1.67. The monoisotopic (exact) mass is 382 g/mol. The minimum atomic E-state index is -0.171. The van der Waals surface area contributed by atoms with Crippen LogP contribution in [0.5, 0.6) is 11.5 Å². The summed E-state index contributed by atoms with van der Waals surface area (Å²) in [4.78, 5) is 16.6. The Bertz CT molecular complexity index is 803. The summed E-state index contributed by atoms with van der Waals surface area (Å²) in [6.45, 7) is 4.81. The molecule has 28 heavy (non-hydrogen) atoms. The van der Waals surface area contributed by atoms with E-state index < -0.39 is 0 Å². The Kier molecular flexibility index (Phi) is 7.00. The number of benzene rings is 2. The summed E-state index contributed by atoms with van der Waals surface area (Å²) in [6, 6.07) is 15.5. The van der Waals surface area contributed by atoms with E-state index in [1.165, 1.54) is 18.9 Å². The van der Waals surface area contributed by atoms with Gasteiger partial charge >= 0.3 is 0 Å². The molecule has 3 rings (SSSR count).